The molecule has 0 aromatic heterocycles. The largest absolute Gasteiger partial charge is 0.507 e. The van der Waals surface area contributed by atoms with E-state index in [1.165, 1.54) is 11.1 Å². The third-order valence-corrected chi connectivity index (χ3v) is 7.79. The van der Waals surface area contributed by atoms with Gasteiger partial charge in [0.25, 0.3) is 0 Å². The van der Waals surface area contributed by atoms with Crippen molar-refractivity contribution in [3.05, 3.63) is 57.6 Å². The summed E-state index contributed by atoms with van der Waals surface area (Å²) in [7, 11) is 0. The Morgan fingerprint density at radius 2 is 0.878 bits per heavy atom. The molecule has 0 aliphatic carbocycles. The van der Waals surface area contributed by atoms with E-state index >= 15 is 0 Å². The van der Waals surface area contributed by atoms with E-state index in [2.05, 4.69) is 135 Å². The number of hydrogen-bond acceptors (Lipinski definition) is 4. The van der Waals surface area contributed by atoms with Gasteiger partial charge < -0.3 is 10.2 Å². The van der Waals surface area contributed by atoms with Crippen LogP contribution in [-0.4, -0.2) is 34.7 Å². The van der Waals surface area contributed by atoms with Crippen LogP contribution in [0.3, 0.4) is 0 Å². The molecule has 0 aliphatic rings. The van der Waals surface area contributed by atoms with Gasteiger partial charge in [-0.05, 0) is 57.3 Å². The molecule has 41 heavy (non-hydrogen) atoms. The number of nitrogens with zero attached hydrogens (tertiary/aromatic N) is 2. The molecule has 0 radical (unpaired) electrons. The van der Waals surface area contributed by atoms with E-state index in [-0.39, 0.29) is 50.7 Å². The highest BCUT2D eigenvalue weighted by molar-refractivity contribution is 5.86. The second kappa shape index (κ2) is 11.6. The third-order valence-electron chi connectivity index (χ3n) is 7.79. The van der Waals surface area contributed by atoms with Crippen molar-refractivity contribution in [2.45, 2.75) is 145 Å². The minimum Gasteiger partial charge on any atom is -0.507 e. The fourth-order valence-electron chi connectivity index (χ4n) is 5.03. The van der Waals surface area contributed by atoms with E-state index in [0.717, 1.165) is 22.3 Å². The average molecular weight is 563 g/mol. The maximum Gasteiger partial charge on any atom is 0.128 e. The van der Waals surface area contributed by atoms with Gasteiger partial charge in [-0.15, -0.1) is 0 Å². The highest BCUT2D eigenvalue weighted by Crippen LogP contribution is 2.39. The normalized spacial score (nSPS) is 15.6. The SMILES string of the molecule is CC(N=Cc1cc(C(C)(C)C)cc(C(C)(C)C)c1O)C(N=Cc1cc(C(C)(C)C)cc(C(C)(C)C)c1O)C(C)(C)C. The molecule has 2 N–H and O–H groups in total. The average Bonchev–Trinajstić information content (AvgIpc) is 2.75. The summed E-state index contributed by atoms with van der Waals surface area (Å²) in [5.74, 6) is 0.576. The number of hydrogen-bond donors (Lipinski definition) is 2. The fraction of sp³-hybridized carbons (Fsp3) is 0.622. The van der Waals surface area contributed by atoms with Gasteiger partial charge in [0.1, 0.15) is 11.5 Å². The van der Waals surface area contributed by atoms with Gasteiger partial charge in [-0.3, -0.25) is 9.98 Å². The summed E-state index contributed by atoms with van der Waals surface area (Å²) < 4.78 is 0. The molecule has 0 bridgehead atoms. The lowest BCUT2D eigenvalue weighted by atomic mass is 9.79. The molecule has 2 rings (SSSR count). The molecule has 0 spiro atoms. The van der Waals surface area contributed by atoms with Crippen LogP contribution in [-0.2, 0) is 21.7 Å². The number of phenols is 2. The van der Waals surface area contributed by atoms with E-state index in [4.69, 9.17) is 9.98 Å². The molecule has 2 unspecified atom stereocenters. The van der Waals surface area contributed by atoms with Crippen molar-refractivity contribution in [3.8, 4) is 11.5 Å². The molecular formula is C37H58N2O2. The van der Waals surface area contributed by atoms with Crippen LogP contribution in [0.4, 0.5) is 0 Å². The molecule has 0 heterocycles. The monoisotopic (exact) mass is 562 g/mol. The van der Waals surface area contributed by atoms with Crippen LogP contribution in [0.5, 0.6) is 11.5 Å². The molecule has 4 nitrogen and oxygen atoms in total. The second-order valence-corrected chi connectivity index (χ2v) is 17.0. The van der Waals surface area contributed by atoms with E-state index in [1.54, 1.807) is 0 Å². The van der Waals surface area contributed by atoms with Crippen molar-refractivity contribution in [2.24, 2.45) is 15.4 Å². The Hall–Kier alpha value is -2.62. The summed E-state index contributed by atoms with van der Waals surface area (Å²) in [4.78, 5) is 10.0. The summed E-state index contributed by atoms with van der Waals surface area (Å²) in [6.45, 7) is 34.5. The van der Waals surface area contributed by atoms with E-state index in [1.807, 2.05) is 12.4 Å². The van der Waals surface area contributed by atoms with Crippen LogP contribution in [0.2, 0.25) is 0 Å². The van der Waals surface area contributed by atoms with Gasteiger partial charge in [0.05, 0.1) is 12.1 Å². The molecule has 0 saturated heterocycles. The Morgan fingerprint density at radius 1 is 0.537 bits per heavy atom. The second-order valence-electron chi connectivity index (χ2n) is 17.0. The fourth-order valence-corrected chi connectivity index (χ4v) is 5.03. The van der Waals surface area contributed by atoms with E-state index in [0.29, 0.717) is 0 Å². The minimum atomic E-state index is -0.204. The van der Waals surface area contributed by atoms with Crippen molar-refractivity contribution < 1.29 is 10.2 Å². The number of aliphatic imine (C=N–C) groups is 2. The molecule has 0 amide bonds. The third kappa shape index (κ3) is 8.69. The smallest absolute Gasteiger partial charge is 0.128 e. The van der Waals surface area contributed by atoms with E-state index < -0.39 is 0 Å². The van der Waals surface area contributed by atoms with Crippen molar-refractivity contribution in [1.29, 1.82) is 0 Å². The Kier molecular flexibility index (Phi) is 9.76. The van der Waals surface area contributed by atoms with Gasteiger partial charge in [0, 0.05) is 34.7 Å². The number of phenolic OH excluding ortho intramolecular Hbond substituents is 2. The predicted octanol–water partition coefficient (Wildman–Crippen LogP) is 9.63. The summed E-state index contributed by atoms with van der Waals surface area (Å²) in [5.41, 5.74) is 4.95. The standard InChI is InChI=1S/C37H58N2O2/c1-23(38-21-24-17-26(33(2,3)4)19-28(30(24)40)35(8,9)10)32(37(14,15)16)39-22-25-18-27(34(5,6)7)20-29(31(25)41)36(11,12)13/h17-23,32,40-41H,1-16H3. The zero-order chi connectivity index (χ0) is 31.9. The molecule has 2 aromatic rings. The summed E-state index contributed by atoms with van der Waals surface area (Å²) >= 11 is 0. The van der Waals surface area contributed by atoms with Crippen LogP contribution in [0.1, 0.15) is 144 Å². The van der Waals surface area contributed by atoms with Crippen molar-refractivity contribution >= 4 is 12.4 Å². The van der Waals surface area contributed by atoms with Crippen LogP contribution in [0, 0.1) is 5.41 Å². The first kappa shape index (κ1) is 34.6. The minimum absolute atomic E-state index is 0.0599. The van der Waals surface area contributed by atoms with Crippen LogP contribution in [0.25, 0.3) is 0 Å². The van der Waals surface area contributed by atoms with Gasteiger partial charge in [0.2, 0.25) is 0 Å². The summed E-state index contributed by atoms with van der Waals surface area (Å²) in [6, 6.07) is 8.07. The Bertz CT molecular complexity index is 1280. The number of rotatable bonds is 5. The Morgan fingerprint density at radius 3 is 1.17 bits per heavy atom. The molecule has 2 atom stereocenters. The first-order valence-electron chi connectivity index (χ1n) is 15.1. The maximum atomic E-state index is 11.3. The van der Waals surface area contributed by atoms with Gasteiger partial charge in [-0.25, -0.2) is 0 Å². The first-order valence-corrected chi connectivity index (χ1v) is 15.1. The molecule has 0 aliphatic heterocycles. The van der Waals surface area contributed by atoms with Crippen molar-refractivity contribution in [1.82, 2.24) is 0 Å². The Labute approximate surface area is 251 Å². The quantitative estimate of drug-likeness (QED) is 0.356. The predicted molar refractivity (Wildman–Crippen MR) is 179 cm³/mol. The van der Waals surface area contributed by atoms with Gasteiger partial charge in [-0.1, -0.05) is 116 Å². The summed E-state index contributed by atoms with van der Waals surface area (Å²) in [5, 5.41) is 22.5. The van der Waals surface area contributed by atoms with Gasteiger partial charge in [0.15, 0.2) is 0 Å². The van der Waals surface area contributed by atoms with Crippen LogP contribution >= 0.6 is 0 Å². The lowest BCUT2D eigenvalue weighted by molar-refractivity contribution is 0.293. The van der Waals surface area contributed by atoms with Crippen molar-refractivity contribution in [3.63, 3.8) is 0 Å². The molecule has 228 valence electrons. The molecular weight excluding hydrogens is 504 g/mol. The topological polar surface area (TPSA) is 65.2 Å². The lowest BCUT2D eigenvalue weighted by Gasteiger charge is -2.31. The number of aromatic hydroxyl groups is 2. The molecule has 0 fully saturated rings. The van der Waals surface area contributed by atoms with Gasteiger partial charge >= 0.3 is 0 Å². The highest BCUT2D eigenvalue weighted by Gasteiger charge is 2.30. The zero-order valence-corrected chi connectivity index (χ0v) is 28.9. The van der Waals surface area contributed by atoms with E-state index in [9.17, 15) is 10.2 Å². The molecule has 0 saturated carbocycles. The van der Waals surface area contributed by atoms with Gasteiger partial charge in [-0.2, -0.15) is 0 Å². The lowest BCUT2D eigenvalue weighted by Crippen LogP contribution is -2.34. The van der Waals surface area contributed by atoms with Crippen molar-refractivity contribution in [2.75, 3.05) is 0 Å². The zero-order valence-electron chi connectivity index (χ0n) is 28.9. The van der Waals surface area contributed by atoms with Crippen LogP contribution in [0.15, 0.2) is 34.3 Å². The highest BCUT2D eigenvalue weighted by atomic mass is 16.3. The maximum absolute atomic E-state index is 11.3. The molecule has 4 heteroatoms. The number of benzene rings is 2. The Balaban J connectivity index is 2.60. The first-order chi connectivity index (χ1) is 18.2. The van der Waals surface area contributed by atoms with Crippen LogP contribution < -0.4 is 0 Å². The molecule has 2 aromatic carbocycles. The summed E-state index contributed by atoms with van der Waals surface area (Å²) in [6.07, 6.45) is 3.64.